The highest BCUT2D eigenvalue weighted by atomic mass is 16.5. The minimum absolute atomic E-state index is 0.177. The van der Waals surface area contributed by atoms with Gasteiger partial charge in [-0.15, -0.1) is 0 Å². The van der Waals surface area contributed by atoms with Crippen LogP contribution in [-0.2, 0) is 5.60 Å². The zero-order valence-corrected chi connectivity index (χ0v) is 19.1. The number of benzene rings is 1. The normalized spacial score (nSPS) is 17.9. The molecule has 1 fully saturated rings. The first kappa shape index (κ1) is 23.2. The van der Waals surface area contributed by atoms with E-state index in [-0.39, 0.29) is 12.6 Å². The van der Waals surface area contributed by atoms with Gasteiger partial charge in [0.05, 0.1) is 19.7 Å². The van der Waals surface area contributed by atoms with E-state index in [0.29, 0.717) is 18.3 Å². The number of aliphatic imine (C=N–C) groups is 1. The monoisotopic (exact) mass is 428 g/mol. The van der Waals surface area contributed by atoms with Crippen molar-refractivity contribution in [3.63, 3.8) is 0 Å². The van der Waals surface area contributed by atoms with E-state index in [9.17, 15) is 5.11 Å². The molecule has 0 radical (unpaired) electrons. The Balaban J connectivity index is 1.74. The molecule has 0 saturated carbocycles. The van der Waals surface area contributed by atoms with Crippen molar-refractivity contribution in [3.05, 3.63) is 53.5 Å². The van der Waals surface area contributed by atoms with Gasteiger partial charge in [0.2, 0.25) is 0 Å². The standard InChI is InChI=1S/C24H36N4O3/c1-5-25-23(27-17-24(3,29)22-13-12-18(2)31-22)26-16-20(28-14-8-9-15-28)19-10-6-7-11-21(19)30-4/h6-7,10-13,20,29H,5,8-9,14-17H2,1-4H3,(H2,25,26,27). The fraction of sp³-hybridized carbons (Fsp3) is 0.542. The number of ether oxygens (including phenoxy) is 1. The smallest absolute Gasteiger partial charge is 0.191 e. The molecule has 2 heterocycles. The second kappa shape index (κ2) is 10.7. The van der Waals surface area contributed by atoms with Gasteiger partial charge in [-0.3, -0.25) is 4.90 Å². The van der Waals surface area contributed by atoms with Gasteiger partial charge in [0, 0.05) is 18.7 Å². The van der Waals surface area contributed by atoms with Gasteiger partial charge >= 0.3 is 0 Å². The second-order valence-electron chi connectivity index (χ2n) is 8.26. The van der Waals surface area contributed by atoms with Gasteiger partial charge in [0.1, 0.15) is 22.9 Å². The van der Waals surface area contributed by atoms with Crippen molar-refractivity contribution in [2.45, 2.75) is 45.3 Å². The third kappa shape index (κ3) is 6.02. The molecule has 31 heavy (non-hydrogen) atoms. The van der Waals surface area contributed by atoms with Crippen LogP contribution >= 0.6 is 0 Å². The number of hydrogen-bond donors (Lipinski definition) is 3. The fourth-order valence-corrected chi connectivity index (χ4v) is 4.00. The van der Waals surface area contributed by atoms with E-state index in [1.54, 1.807) is 20.1 Å². The molecule has 1 aromatic heterocycles. The number of aryl methyl sites for hydroxylation is 1. The molecule has 1 aliphatic heterocycles. The molecule has 1 aromatic carbocycles. The Morgan fingerprint density at radius 1 is 1.23 bits per heavy atom. The quantitative estimate of drug-likeness (QED) is 0.420. The number of hydrogen-bond acceptors (Lipinski definition) is 5. The topological polar surface area (TPSA) is 82.3 Å². The van der Waals surface area contributed by atoms with Crippen molar-refractivity contribution in [1.29, 1.82) is 0 Å². The third-order valence-corrected chi connectivity index (χ3v) is 5.70. The Bertz CT molecular complexity index is 856. The number of guanidine groups is 1. The van der Waals surface area contributed by atoms with Gasteiger partial charge in [-0.2, -0.15) is 0 Å². The van der Waals surface area contributed by atoms with E-state index < -0.39 is 5.60 Å². The minimum atomic E-state index is -1.17. The van der Waals surface area contributed by atoms with Gasteiger partial charge in [-0.05, 0) is 64.9 Å². The van der Waals surface area contributed by atoms with Crippen molar-refractivity contribution < 1.29 is 14.3 Å². The molecule has 1 aliphatic rings. The van der Waals surface area contributed by atoms with Crippen LogP contribution in [0.15, 0.2) is 45.8 Å². The van der Waals surface area contributed by atoms with Crippen LogP contribution in [0.1, 0.15) is 49.8 Å². The van der Waals surface area contributed by atoms with Crippen LogP contribution in [0.5, 0.6) is 5.75 Å². The van der Waals surface area contributed by atoms with Crippen LogP contribution in [0.4, 0.5) is 0 Å². The third-order valence-electron chi connectivity index (χ3n) is 5.70. The first-order valence-electron chi connectivity index (χ1n) is 11.1. The lowest BCUT2D eigenvalue weighted by Gasteiger charge is -2.30. The SMILES string of the molecule is CCNC(=NCC(C)(O)c1ccc(C)o1)NCC(c1ccccc1OC)N1CCCC1. The maximum Gasteiger partial charge on any atom is 0.191 e. The van der Waals surface area contributed by atoms with Crippen LogP contribution in [0.2, 0.25) is 0 Å². The molecule has 2 atom stereocenters. The summed E-state index contributed by atoms with van der Waals surface area (Å²) in [6.07, 6.45) is 2.43. The van der Waals surface area contributed by atoms with E-state index in [1.165, 1.54) is 18.4 Å². The number of para-hydroxylation sites is 1. The Labute approximate surface area is 185 Å². The summed E-state index contributed by atoms with van der Waals surface area (Å²) in [5, 5.41) is 17.6. The lowest BCUT2D eigenvalue weighted by Crippen LogP contribution is -2.43. The summed E-state index contributed by atoms with van der Waals surface area (Å²) in [7, 11) is 1.72. The number of furan rings is 1. The summed E-state index contributed by atoms with van der Waals surface area (Å²) in [4.78, 5) is 7.14. The zero-order valence-electron chi connectivity index (χ0n) is 19.1. The van der Waals surface area contributed by atoms with Crippen molar-refractivity contribution in [2.24, 2.45) is 4.99 Å². The molecular weight excluding hydrogens is 392 g/mol. The van der Waals surface area contributed by atoms with Crippen LogP contribution in [-0.4, -0.2) is 55.8 Å². The molecule has 3 N–H and O–H groups in total. The molecule has 2 unspecified atom stereocenters. The van der Waals surface area contributed by atoms with E-state index in [1.807, 2.05) is 32.0 Å². The summed E-state index contributed by atoms with van der Waals surface area (Å²) in [5.41, 5.74) is 0.00136. The number of nitrogens with zero attached hydrogens (tertiary/aromatic N) is 2. The van der Waals surface area contributed by atoms with Gasteiger partial charge in [-0.1, -0.05) is 18.2 Å². The van der Waals surface area contributed by atoms with E-state index >= 15 is 0 Å². The van der Waals surface area contributed by atoms with Gasteiger partial charge in [0.25, 0.3) is 0 Å². The highest BCUT2D eigenvalue weighted by molar-refractivity contribution is 5.79. The number of rotatable bonds is 9. The van der Waals surface area contributed by atoms with E-state index in [4.69, 9.17) is 9.15 Å². The largest absolute Gasteiger partial charge is 0.496 e. The highest BCUT2D eigenvalue weighted by Crippen LogP contribution is 2.31. The molecule has 0 spiro atoms. The highest BCUT2D eigenvalue weighted by Gasteiger charge is 2.28. The molecule has 2 aromatic rings. The summed E-state index contributed by atoms with van der Waals surface area (Å²) < 4.78 is 11.2. The number of nitrogens with one attached hydrogen (secondary N) is 2. The van der Waals surface area contributed by atoms with E-state index in [2.05, 4.69) is 32.7 Å². The molecule has 0 aliphatic carbocycles. The molecule has 170 valence electrons. The fourth-order valence-electron chi connectivity index (χ4n) is 4.00. The van der Waals surface area contributed by atoms with Crippen molar-refractivity contribution in [1.82, 2.24) is 15.5 Å². The average Bonchev–Trinajstić information content (AvgIpc) is 3.45. The lowest BCUT2D eigenvalue weighted by molar-refractivity contribution is 0.0428. The molecular formula is C24H36N4O3. The number of aliphatic hydroxyl groups is 1. The summed E-state index contributed by atoms with van der Waals surface area (Å²) >= 11 is 0. The van der Waals surface area contributed by atoms with Crippen molar-refractivity contribution in [2.75, 3.05) is 39.8 Å². The molecule has 7 nitrogen and oxygen atoms in total. The lowest BCUT2D eigenvalue weighted by atomic mass is 10.0. The first-order valence-corrected chi connectivity index (χ1v) is 11.1. The van der Waals surface area contributed by atoms with Gasteiger partial charge in [-0.25, -0.2) is 4.99 Å². The van der Waals surface area contributed by atoms with Crippen molar-refractivity contribution in [3.8, 4) is 5.75 Å². The number of likely N-dealkylation sites (tertiary alicyclic amines) is 1. The molecule has 0 amide bonds. The molecule has 1 saturated heterocycles. The van der Waals surface area contributed by atoms with Gasteiger partial charge in [0.15, 0.2) is 5.96 Å². The van der Waals surface area contributed by atoms with E-state index in [0.717, 1.165) is 31.1 Å². The van der Waals surface area contributed by atoms with Crippen LogP contribution in [0, 0.1) is 6.92 Å². The Kier molecular flexibility index (Phi) is 7.98. The first-order chi connectivity index (χ1) is 14.9. The minimum Gasteiger partial charge on any atom is -0.496 e. The molecule has 3 rings (SSSR count). The Hall–Kier alpha value is -2.51. The molecule has 0 bridgehead atoms. The van der Waals surface area contributed by atoms with Crippen LogP contribution in [0.3, 0.4) is 0 Å². The Morgan fingerprint density at radius 3 is 2.61 bits per heavy atom. The van der Waals surface area contributed by atoms with Crippen LogP contribution in [0.25, 0.3) is 0 Å². The predicted molar refractivity (Wildman–Crippen MR) is 124 cm³/mol. The Morgan fingerprint density at radius 2 is 1.97 bits per heavy atom. The van der Waals surface area contributed by atoms with Crippen LogP contribution < -0.4 is 15.4 Å². The van der Waals surface area contributed by atoms with Crippen molar-refractivity contribution >= 4 is 5.96 Å². The summed E-state index contributed by atoms with van der Waals surface area (Å²) in [6, 6.07) is 12.0. The molecule has 7 heteroatoms. The summed E-state index contributed by atoms with van der Waals surface area (Å²) in [5.74, 6) is 2.87. The maximum atomic E-state index is 10.8. The number of methoxy groups -OCH3 is 1. The average molecular weight is 429 g/mol. The van der Waals surface area contributed by atoms with Gasteiger partial charge < -0.3 is 24.9 Å². The maximum absolute atomic E-state index is 10.8. The predicted octanol–water partition coefficient (Wildman–Crippen LogP) is 3.20. The second-order valence-corrected chi connectivity index (χ2v) is 8.26. The zero-order chi connectivity index (χ0) is 22.3. The summed E-state index contributed by atoms with van der Waals surface area (Å²) in [6.45, 7) is 9.38.